The number of benzene rings is 1. The highest BCUT2D eigenvalue weighted by Crippen LogP contribution is 2.30. The Morgan fingerprint density at radius 3 is 2.48 bits per heavy atom. The lowest BCUT2D eigenvalue weighted by Gasteiger charge is -2.33. The fourth-order valence-electron chi connectivity index (χ4n) is 3.17. The van der Waals surface area contributed by atoms with E-state index in [-0.39, 0.29) is 24.1 Å². The predicted molar refractivity (Wildman–Crippen MR) is 94.7 cm³/mol. The maximum atomic E-state index is 13.9. The van der Waals surface area contributed by atoms with Gasteiger partial charge in [-0.2, -0.15) is 18.2 Å². The Balaban J connectivity index is 1.54. The summed E-state index contributed by atoms with van der Waals surface area (Å²) < 4.78 is 51.7. The van der Waals surface area contributed by atoms with E-state index in [1.807, 2.05) is 13.0 Å². The van der Waals surface area contributed by atoms with Gasteiger partial charge in [0.05, 0.1) is 5.56 Å². The number of anilines is 2. The molecular formula is C18H21F4N5. The van der Waals surface area contributed by atoms with Crippen molar-refractivity contribution in [3.63, 3.8) is 0 Å². The Kier molecular flexibility index (Phi) is 5.50. The maximum absolute atomic E-state index is 13.9. The molecular weight excluding hydrogens is 362 g/mol. The number of aryl methyl sites for hydroxylation is 1. The van der Waals surface area contributed by atoms with Crippen molar-refractivity contribution in [2.75, 3.05) is 23.7 Å². The predicted octanol–water partition coefficient (Wildman–Crippen LogP) is 3.28. The molecule has 27 heavy (non-hydrogen) atoms. The fraction of sp³-hybridized carbons (Fsp3) is 0.444. The lowest BCUT2D eigenvalue weighted by atomic mass is 10.0. The summed E-state index contributed by atoms with van der Waals surface area (Å²) in [4.78, 5) is 10.4. The molecule has 5 nitrogen and oxygen atoms in total. The molecule has 0 spiro atoms. The molecule has 3 N–H and O–H groups in total. The number of alkyl halides is 3. The molecule has 1 fully saturated rings. The average Bonchev–Trinajstić information content (AvgIpc) is 2.59. The van der Waals surface area contributed by atoms with Gasteiger partial charge >= 0.3 is 6.18 Å². The zero-order chi connectivity index (χ0) is 19.6. The number of piperidine rings is 1. The van der Waals surface area contributed by atoms with Gasteiger partial charge in [-0.3, -0.25) is 0 Å². The van der Waals surface area contributed by atoms with Crippen molar-refractivity contribution in [1.29, 1.82) is 0 Å². The van der Waals surface area contributed by atoms with Crippen LogP contribution in [0.1, 0.15) is 29.7 Å². The van der Waals surface area contributed by atoms with Gasteiger partial charge < -0.3 is 16.0 Å². The molecule has 3 rings (SSSR count). The minimum Gasteiger partial charge on any atom is -0.368 e. The summed E-state index contributed by atoms with van der Waals surface area (Å²) in [6.07, 6.45) is -2.92. The zero-order valence-corrected chi connectivity index (χ0v) is 14.9. The Morgan fingerprint density at radius 2 is 1.89 bits per heavy atom. The van der Waals surface area contributed by atoms with Gasteiger partial charge in [0.1, 0.15) is 11.6 Å². The monoisotopic (exact) mass is 383 g/mol. The topological polar surface area (TPSA) is 67.1 Å². The molecule has 1 aliphatic rings. The Labute approximate surface area is 154 Å². The molecule has 0 bridgehead atoms. The average molecular weight is 383 g/mol. The zero-order valence-electron chi connectivity index (χ0n) is 14.9. The first-order chi connectivity index (χ1) is 12.7. The van der Waals surface area contributed by atoms with E-state index in [9.17, 15) is 17.6 Å². The van der Waals surface area contributed by atoms with Gasteiger partial charge in [0.15, 0.2) is 0 Å². The summed E-state index contributed by atoms with van der Waals surface area (Å²) in [7, 11) is 0. The highest BCUT2D eigenvalue weighted by molar-refractivity contribution is 5.43. The van der Waals surface area contributed by atoms with Crippen molar-refractivity contribution < 1.29 is 17.6 Å². The van der Waals surface area contributed by atoms with Crippen LogP contribution in [0.2, 0.25) is 0 Å². The van der Waals surface area contributed by atoms with Crippen LogP contribution in [0.15, 0.2) is 24.3 Å². The molecule has 0 atom stereocenters. The van der Waals surface area contributed by atoms with E-state index >= 15 is 0 Å². The third-order valence-electron chi connectivity index (χ3n) is 4.64. The Morgan fingerprint density at radius 1 is 1.19 bits per heavy atom. The number of halogens is 4. The van der Waals surface area contributed by atoms with Crippen LogP contribution >= 0.6 is 0 Å². The summed E-state index contributed by atoms with van der Waals surface area (Å²) in [5.41, 5.74) is 5.74. The number of nitrogens with two attached hydrogens (primary N) is 1. The van der Waals surface area contributed by atoms with E-state index in [0.29, 0.717) is 6.07 Å². The van der Waals surface area contributed by atoms with Gasteiger partial charge in [-0.1, -0.05) is 6.07 Å². The molecule has 2 heterocycles. The molecule has 0 amide bonds. The summed E-state index contributed by atoms with van der Waals surface area (Å²) in [5.74, 6) is 0.178. The SMILES string of the molecule is Cc1cc(N2CCC(NCc3ccc(C(F)(F)F)cc3F)CC2)nc(N)n1. The summed E-state index contributed by atoms with van der Waals surface area (Å²) in [6.45, 7) is 3.55. The molecule has 0 radical (unpaired) electrons. The molecule has 146 valence electrons. The van der Waals surface area contributed by atoms with E-state index in [0.717, 1.165) is 43.5 Å². The number of rotatable bonds is 4. The largest absolute Gasteiger partial charge is 0.416 e. The normalized spacial score (nSPS) is 16.0. The molecule has 1 aromatic heterocycles. The van der Waals surface area contributed by atoms with Crippen LogP contribution in [0.25, 0.3) is 0 Å². The van der Waals surface area contributed by atoms with E-state index in [1.54, 1.807) is 0 Å². The first-order valence-electron chi connectivity index (χ1n) is 8.67. The molecule has 1 saturated heterocycles. The van der Waals surface area contributed by atoms with Crippen LogP contribution < -0.4 is 16.0 Å². The molecule has 0 aliphatic carbocycles. The minimum absolute atomic E-state index is 0.156. The molecule has 9 heteroatoms. The van der Waals surface area contributed by atoms with Crippen LogP contribution in [0.5, 0.6) is 0 Å². The maximum Gasteiger partial charge on any atom is 0.416 e. The lowest BCUT2D eigenvalue weighted by Crippen LogP contribution is -2.42. The lowest BCUT2D eigenvalue weighted by molar-refractivity contribution is -0.137. The highest BCUT2D eigenvalue weighted by Gasteiger charge is 2.31. The second kappa shape index (κ2) is 7.67. The first kappa shape index (κ1) is 19.3. The van der Waals surface area contributed by atoms with Crippen LogP contribution in [0.4, 0.5) is 29.3 Å². The molecule has 1 aromatic carbocycles. The Bertz CT molecular complexity index is 781. The van der Waals surface area contributed by atoms with Crippen LogP contribution in [0, 0.1) is 12.7 Å². The fourth-order valence-corrected chi connectivity index (χ4v) is 3.17. The van der Waals surface area contributed by atoms with E-state index in [4.69, 9.17) is 5.73 Å². The van der Waals surface area contributed by atoms with E-state index < -0.39 is 17.6 Å². The van der Waals surface area contributed by atoms with Gasteiger partial charge in [-0.25, -0.2) is 9.37 Å². The van der Waals surface area contributed by atoms with Crippen molar-refractivity contribution in [3.05, 3.63) is 46.9 Å². The molecule has 0 unspecified atom stereocenters. The first-order valence-corrected chi connectivity index (χ1v) is 8.67. The summed E-state index contributed by atoms with van der Waals surface area (Å²) in [5, 5.41) is 3.23. The standard InChI is InChI=1S/C18H21F4N5/c1-11-8-16(26-17(23)25-11)27-6-4-14(5-7-27)24-10-12-2-3-13(9-15(12)19)18(20,21)22/h2-3,8-9,14,24H,4-7,10H2,1H3,(H2,23,25,26). The third kappa shape index (κ3) is 4.85. The van der Waals surface area contributed by atoms with Gasteiger partial charge in [-0.15, -0.1) is 0 Å². The number of nitrogens with zero attached hydrogens (tertiary/aromatic N) is 3. The van der Waals surface area contributed by atoms with E-state index in [1.165, 1.54) is 6.07 Å². The highest BCUT2D eigenvalue weighted by atomic mass is 19.4. The van der Waals surface area contributed by atoms with Crippen LogP contribution in [0.3, 0.4) is 0 Å². The van der Waals surface area contributed by atoms with Gasteiger partial charge in [-0.05, 0) is 31.9 Å². The summed E-state index contributed by atoms with van der Waals surface area (Å²) >= 11 is 0. The van der Waals surface area contributed by atoms with E-state index in [2.05, 4.69) is 20.2 Å². The number of hydrogen-bond donors (Lipinski definition) is 2. The number of hydrogen-bond acceptors (Lipinski definition) is 5. The van der Waals surface area contributed by atoms with Crippen molar-refractivity contribution in [3.8, 4) is 0 Å². The number of nitrogens with one attached hydrogen (secondary N) is 1. The van der Waals surface area contributed by atoms with Crippen molar-refractivity contribution in [1.82, 2.24) is 15.3 Å². The summed E-state index contributed by atoms with van der Waals surface area (Å²) in [6, 6.07) is 4.67. The Hall–Kier alpha value is -2.42. The van der Waals surface area contributed by atoms with Gasteiger partial charge in [0.2, 0.25) is 5.95 Å². The van der Waals surface area contributed by atoms with Crippen molar-refractivity contribution >= 4 is 11.8 Å². The minimum atomic E-state index is -4.54. The number of nitrogen functional groups attached to an aromatic ring is 1. The van der Waals surface area contributed by atoms with Crippen LogP contribution in [-0.4, -0.2) is 29.1 Å². The smallest absolute Gasteiger partial charge is 0.368 e. The second-order valence-electron chi connectivity index (χ2n) is 6.67. The number of aromatic nitrogens is 2. The molecule has 2 aromatic rings. The third-order valence-corrected chi connectivity index (χ3v) is 4.64. The quantitative estimate of drug-likeness (QED) is 0.794. The van der Waals surface area contributed by atoms with Crippen molar-refractivity contribution in [2.45, 2.75) is 38.5 Å². The van der Waals surface area contributed by atoms with Gasteiger partial charge in [0, 0.05) is 43.0 Å². The molecule has 0 saturated carbocycles. The van der Waals surface area contributed by atoms with Gasteiger partial charge in [0.25, 0.3) is 0 Å². The van der Waals surface area contributed by atoms with Crippen molar-refractivity contribution in [2.24, 2.45) is 0 Å². The second-order valence-corrected chi connectivity index (χ2v) is 6.67. The molecule has 1 aliphatic heterocycles. The van der Waals surface area contributed by atoms with Crippen LogP contribution in [-0.2, 0) is 12.7 Å².